The summed E-state index contributed by atoms with van der Waals surface area (Å²) >= 11 is 0. The minimum absolute atomic E-state index is 0.00114. The molecule has 49 heavy (non-hydrogen) atoms. The summed E-state index contributed by atoms with van der Waals surface area (Å²) in [6, 6.07) is 22.5. The Hall–Kier alpha value is -5.34. The maximum Gasteiger partial charge on any atom is 0.410 e. The summed E-state index contributed by atoms with van der Waals surface area (Å²) in [5.41, 5.74) is 0.838. The highest BCUT2D eigenvalue weighted by atomic mass is 32.2. The minimum Gasteiger partial charge on any atom is -0.497 e. The molecule has 0 unspecified atom stereocenters. The van der Waals surface area contributed by atoms with E-state index in [1.807, 2.05) is 63.2 Å². The second-order valence-electron chi connectivity index (χ2n) is 12.6. The van der Waals surface area contributed by atoms with Gasteiger partial charge in [0.25, 0.3) is 0 Å². The maximum absolute atomic E-state index is 12.8. The van der Waals surface area contributed by atoms with Crippen LogP contribution in [0.2, 0.25) is 0 Å². The molecule has 1 atom stereocenters. The number of sulfonamides is 1. The van der Waals surface area contributed by atoms with Gasteiger partial charge in [-0.15, -0.1) is 0 Å². The van der Waals surface area contributed by atoms with Gasteiger partial charge >= 0.3 is 6.09 Å². The van der Waals surface area contributed by atoms with Gasteiger partial charge in [-0.25, -0.2) is 28.0 Å². The van der Waals surface area contributed by atoms with Crippen molar-refractivity contribution >= 4 is 33.0 Å². The summed E-state index contributed by atoms with van der Waals surface area (Å²) < 4.78 is 50.4. The third kappa shape index (κ3) is 8.04. The summed E-state index contributed by atoms with van der Waals surface area (Å²) in [5, 5.41) is 14.5. The highest BCUT2D eigenvalue weighted by Crippen LogP contribution is 2.38. The number of carbonyl (C=O) groups is 1. The normalized spacial score (nSPS) is 14.9. The van der Waals surface area contributed by atoms with E-state index in [0.717, 1.165) is 11.3 Å². The van der Waals surface area contributed by atoms with Gasteiger partial charge < -0.3 is 29.2 Å². The Balaban J connectivity index is 1.35. The monoisotopic (exact) mass is 686 g/mol. The molecule has 1 fully saturated rings. The number of carbonyl (C=O) groups excluding carboxylic acids is 1. The summed E-state index contributed by atoms with van der Waals surface area (Å²) in [6.45, 7) is 6.78. The molecule has 3 heterocycles. The van der Waals surface area contributed by atoms with Gasteiger partial charge in [-0.3, -0.25) is 0 Å². The number of aromatic nitrogens is 3. The van der Waals surface area contributed by atoms with Gasteiger partial charge in [-0.05, 0) is 69.2 Å². The van der Waals surface area contributed by atoms with Crippen LogP contribution in [0, 0.1) is 0 Å². The van der Waals surface area contributed by atoms with Crippen LogP contribution in [0.25, 0.3) is 11.0 Å². The first-order valence-corrected chi connectivity index (χ1v) is 17.2. The molecule has 3 N–H and O–H groups in total. The Morgan fingerprint density at radius 2 is 1.69 bits per heavy atom. The number of hydrogen-bond donors (Lipinski definition) is 2. The van der Waals surface area contributed by atoms with Crippen molar-refractivity contribution in [1.82, 2.24) is 19.7 Å². The predicted molar refractivity (Wildman–Crippen MR) is 184 cm³/mol. The third-order valence-corrected chi connectivity index (χ3v) is 8.62. The first-order chi connectivity index (χ1) is 23.4. The molecule has 1 aliphatic rings. The first kappa shape index (κ1) is 33.6. The van der Waals surface area contributed by atoms with E-state index >= 15 is 0 Å². The van der Waals surface area contributed by atoms with E-state index in [1.165, 1.54) is 12.1 Å². The number of para-hydroxylation sites is 1. The van der Waals surface area contributed by atoms with Gasteiger partial charge in [0.2, 0.25) is 10.0 Å². The molecule has 256 valence electrons. The average Bonchev–Trinajstić information content (AvgIpc) is 3.67. The first-order valence-electron chi connectivity index (χ1n) is 15.7. The molecule has 1 aliphatic heterocycles. The SMILES string of the molecule is COc1ccc(Cn2nc(N[C@@H]3CCN(C(=O)OC(C)(C)C)C3)c3c(Oc4ccc(Oc5ccccc5)cc4S(N)(=O)=O)ccnc32)cc1. The van der Waals surface area contributed by atoms with Crippen LogP contribution in [0.15, 0.2) is 90.0 Å². The Labute approximate surface area is 284 Å². The number of pyridine rings is 1. The number of nitrogens with zero attached hydrogens (tertiary/aromatic N) is 4. The van der Waals surface area contributed by atoms with E-state index < -0.39 is 15.6 Å². The molecule has 1 saturated heterocycles. The summed E-state index contributed by atoms with van der Waals surface area (Å²) in [6.07, 6.45) is 1.84. The summed E-state index contributed by atoms with van der Waals surface area (Å²) in [5.74, 6) is 2.30. The molecule has 1 amide bonds. The van der Waals surface area contributed by atoms with Crippen molar-refractivity contribution in [3.8, 4) is 28.7 Å². The van der Waals surface area contributed by atoms with Gasteiger partial charge in [0, 0.05) is 37.5 Å². The van der Waals surface area contributed by atoms with Crippen molar-refractivity contribution < 1.29 is 32.2 Å². The van der Waals surface area contributed by atoms with Crippen molar-refractivity contribution in [3.05, 3.63) is 90.6 Å². The maximum atomic E-state index is 12.8. The molecule has 5 aromatic rings. The van der Waals surface area contributed by atoms with E-state index in [9.17, 15) is 13.2 Å². The number of nitrogens with one attached hydrogen (secondary N) is 1. The molecule has 0 spiro atoms. The minimum atomic E-state index is -4.24. The Kier molecular flexibility index (Phi) is 9.35. The molecular formula is C35H38N6O7S. The zero-order valence-electron chi connectivity index (χ0n) is 27.6. The molecule has 14 heteroatoms. The Bertz CT molecular complexity index is 2060. The molecule has 0 aliphatic carbocycles. The number of primary sulfonamides is 1. The van der Waals surface area contributed by atoms with Crippen LogP contribution in [0.4, 0.5) is 10.6 Å². The highest BCUT2D eigenvalue weighted by molar-refractivity contribution is 7.89. The number of hydrogen-bond acceptors (Lipinski definition) is 10. The number of amides is 1. The van der Waals surface area contributed by atoms with Crippen LogP contribution >= 0.6 is 0 Å². The summed E-state index contributed by atoms with van der Waals surface area (Å²) in [4.78, 5) is 18.8. The summed E-state index contributed by atoms with van der Waals surface area (Å²) in [7, 11) is -2.63. The molecule has 3 aromatic carbocycles. The van der Waals surface area contributed by atoms with E-state index in [1.54, 1.807) is 47.2 Å². The third-order valence-electron chi connectivity index (χ3n) is 7.69. The number of methoxy groups -OCH3 is 1. The molecule has 2 aromatic heterocycles. The lowest BCUT2D eigenvalue weighted by Gasteiger charge is -2.24. The topological polar surface area (TPSA) is 160 Å². The van der Waals surface area contributed by atoms with Gasteiger partial charge in [0.05, 0.1) is 13.7 Å². The smallest absolute Gasteiger partial charge is 0.410 e. The fourth-order valence-electron chi connectivity index (χ4n) is 5.44. The zero-order valence-corrected chi connectivity index (χ0v) is 28.4. The van der Waals surface area contributed by atoms with E-state index in [-0.39, 0.29) is 28.5 Å². The van der Waals surface area contributed by atoms with Crippen LogP contribution in [0.3, 0.4) is 0 Å². The lowest BCUT2D eigenvalue weighted by atomic mass is 10.2. The number of ether oxygens (including phenoxy) is 4. The van der Waals surface area contributed by atoms with Crippen molar-refractivity contribution in [2.75, 3.05) is 25.5 Å². The second-order valence-corrected chi connectivity index (χ2v) is 14.1. The van der Waals surface area contributed by atoms with Gasteiger partial charge in [0.15, 0.2) is 11.5 Å². The average molecular weight is 687 g/mol. The molecule has 0 bridgehead atoms. The van der Waals surface area contributed by atoms with E-state index in [0.29, 0.717) is 54.4 Å². The largest absolute Gasteiger partial charge is 0.497 e. The van der Waals surface area contributed by atoms with Gasteiger partial charge in [0.1, 0.15) is 44.6 Å². The lowest BCUT2D eigenvalue weighted by molar-refractivity contribution is 0.0293. The quantitative estimate of drug-likeness (QED) is 0.175. The van der Waals surface area contributed by atoms with Crippen LogP contribution in [-0.2, 0) is 21.3 Å². The second kappa shape index (κ2) is 13.6. The number of fused-ring (bicyclic) bond motifs is 1. The van der Waals surface area contributed by atoms with Gasteiger partial charge in [-0.2, -0.15) is 5.10 Å². The van der Waals surface area contributed by atoms with Crippen molar-refractivity contribution in [1.29, 1.82) is 0 Å². The van der Waals surface area contributed by atoms with Crippen LogP contribution < -0.4 is 24.7 Å². The number of likely N-dealkylation sites (tertiary alicyclic amines) is 1. The predicted octanol–water partition coefficient (Wildman–Crippen LogP) is 6.14. The Morgan fingerprint density at radius 1 is 0.959 bits per heavy atom. The number of benzene rings is 3. The van der Waals surface area contributed by atoms with Crippen molar-refractivity contribution in [3.63, 3.8) is 0 Å². The zero-order chi connectivity index (χ0) is 34.8. The van der Waals surface area contributed by atoms with E-state index in [4.69, 9.17) is 29.2 Å². The highest BCUT2D eigenvalue weighted by Gasteiger charge is 2.31. The fourth-order valence-corrected chi connectivity index (χ4v) is 6.11. The van der Waals surface area contributed by atoms with E-state index in [2.05, 4.69) is 10.3 Å². The fraction of sp³-hybridized carbons (Fsp3) is 0.286. The molecule has 0 saturated carbocycles. The lowest BCUT2D eigenvalue weighted by Crippen LogP contribution is -2.36. The number of nitrogens with two attached hydrogens (primary N) is 1. The molecule has 6 rings (SSSR count). The molecule has 13 nitrogen and oxygen atoms in total. The number of anilines is 1. The van der Waals surface area contributed by atoms with Crippen molar-refractivity contribution in [2.24, 2.45) is 5.14 Å². The standard InChI is InChI=1S/C35H38N6O7S/c1-35(2,3)48-34(42)40-19-17-24(22-40)38-32-31-29(16-18-37-33(31)41(39-32)21-23-10-12-25(45-4)13-11-23)47-28-15-14-27(20-30(28)49(36,43)44)46-26-8-6-5-7-9-26/h5-16,18,20,24H,17,19,21-22H2,1-4H3,(H,38,39)(H2,36,43,44)/t24-/m1/s1. The molecular weight excluding hydrogens is 648 g/mol. The van der Waals surface area contributed by atoms with Gasteiger partial charge in [-0.1, -0.05) is 30.3 Å². The molecule has 0 radical (unpaired) electrons. The Morgan fingerprint density at radius 3 is 2.39 bits per heavy atom. The van der Waals surface area contributed by atoms with Crippen molar-refractivity contribution in [2.45, 2.75) is 50.3 Å². The van der Waals surface area contributed by atoms with Crippen LogP contribution in [0.5, 0.6) is 28.7 Å². The van der Waals surface area contributed by atoms with Crippen LogP contribution in [0.1, 0.15) is 32.8 Å². The van der Waals surface area contributed by atoms with Crippen LogP contribution in [-0.4, -0.2) is 66.0 Å². The number of rotatable bonds is 10.